The summed E-state index contributed by atoms with van der Waals surface area (Å²) in [7, 11) is 0. The van der Waals surface area contributed by atoms with E-state index in [-0.39, 0.29) is 23.5 Å². The van der Waals surface area contributed by atoms with Crippen LogP contribution in [-0.4, -0.2) is 46.7 Å². The van der Waals surface area contributed by atoms with Gasteiger partial charge in [-0.25, -0.2) is 9.38 Å². The zero-order chi connectivity index (χ0) is 20.9. The lowest BCUT2D eigenvalue weighted by molar-refractivity contribution is -0.00177. The van der Waals surface area contributed by atoms with Crippen LogP contribution < -0.4 is 16.4 Å². The SMILES string of the molecule is CC(C)(O)C(F)CNC(=O)c1cnc(/C(C=N)=C2\N=CC(C#N)=CN2)cc1N. The van der Waals surface area contributed by atoms with Gasteiger partial charge in [0, 0.05) is 30.5 Å². The van der Waals surface area contributed by atoms with Crippen molar-refractivity contribution in [2.24, 2.45) is 4.99 Å². The molecule has 1 aromatic heterocycles. The fourth-order valence-electron chi connectivity index (χ4n) is 2.16. The molecule has 1 amide bonds. The molecule has 146 valence electrons. The number of hydrogen-bond acceptors (Lipinski definition) is 8. The van der Waals surface area contributed by atoms with E-state index in [0.29, 0.717) is 17.0 Å². The second kappa shape index (κ2) is 8.41. The largest absolute Gasteiger partial charge is 0.398 e. The number of rotatable bonds is 6. The average molecular weight is 385 g/mol. The van der Waals surface area contributed by atoms with Gasteiger partial charge in [-0.2, -0.15) is 5.26 Å². The molecule has 0 radical (unpaired) electrons. The van der Waals surface area contributed by atoms with Crippen molar-refractivity contribution in [3.8, 4) is 6.07 Å². The number of nitriles is 1. The Labute approximate surface area is 161 Å². The molecule has 28 heavy (non-hydrogen) atoms. The molecule has 0 spiro atoms. The first kappa shape index (κ1) is 20.7. The van der Waals surface area contributed by atoms with E-state index >= 15 is 0 Å². The highest BCUT2D eigenvalue weighted by Gasteiger charge is 2.27. The summed E-state index contributed by atoms with van der Waals surface area (Å²) in [6.07, 6.45) is 3.36. The Bertz CT molecular complexity index is 923. The smallest absolute Gasteiger partial charge is 0.255 e. The number of anilines is 1. The molecule has 9 nitrogen and oxygen atoms in total. The minimum Gasteiger partial charge on any atom is -0.398 e. The molecule has 1 aliphatic heterocycles. The summed E-state index contributed by atoms with van der Waals surface area (Å²) in [5, 5.41) is 31.1. The Hall–Kier alpha value is -3.58. The number of nitrogens with zero attached hydrogens (tertiary/aromatic N) is 3. The van der Waals surface area contributed by atoms with Crippen molar-refractivity contribution < 1.29 is 14.3 Å². The van der Waals surface area contributed by atoms with E-state index in [4.69, 9.17) is 16.4 Å². The van der Waals surface area contributed by atoms with Crippen LogP contribution in [0.3, 0.4) is 0 Å². The van der Waals surface area contributed by atoms with Gasteiger partial charge < -0.3 is 26.9 Å². The number of aromatic nitrogens is 1. The van der Waals surface area contributed by atoms with Crippen LogP contribution in [0.1, 0.15) is 29.9 Å². The summed E-state index contributed by atoms with van der Waals surface area (Å²) >= 11 is 0. The van der Waals surface area contributed by atoms with Crippen LogP contribution in [0.2, 0.25) is 0 Å². The fourth-order valence-corrected chi connectivity index (χ4v) is 2.16. The maximum Gasteiger partial charge on any atom is 0.255 e. The van der Waals surface area contributed by atoms with Gasteiger partial charge in [0.05, 0.1) is 34.5 Å². The number of nitrogens with one attached hydrogen (secondary N) is 3. The molecule has 0 saturated carbocycles. The minimum absolute atomic E-state index is 0.0350. The summed E-state index contributed by atoms with van der Waals surface area (Å²) in [6, 6.07) is 3.32. The van der Waals surface area contributed by atoms with Gasteiger partial charge in [-0.15, -0.1) is 0 Å². The lowest BCUT2D eigenvalue weighted by Crippen LogP contribution is -2.42. The van der Waals surface area contributed by atoms with Gasteiger partial charge in [-0.3, -0.25) is 9.78 Å². The maximum absolute atomic E-state index is 13.8. The number of aliphatic hydroxyl groups is 1. The summed E-state index contributed by atoms with van der Waals surface area (Å²) in [5.41, 5.74) is 5.37. The van der Waals surface area contributed by atoms with Crippen LogP contribution >= 0.6 is 0 Å². The molecule has 1 aromatic rings. The number of halogens is 1. The molecule has 2 heterocycles. The number of alkyl halides is 1. The Morgan fingerprint density at radius 2 is 2.32 bits per heavy atom. The van der Waals surface area contributed by atoms with E-state index in [1.165, 1.54) is 38.5 Å². The predicted octanol–water partition coefficient (Wildman–Crippen LogP) is 0.902. The molecule has 1 atom stereocenters. The molecular weight excluding hydrogens is 365 g/mol. The van der Waals surface area contributed by atoms with Gasteiger partial charge in [0.1, 0.15) is 18.1 Å². The highest BCUT2D eigenvalue weighted by molar-refractivity contribution is 6.10. The highest BCUT2D eigenvalue weighted by Crippen LogP contribution is 2.21. The van der Waals surface area contributed by atoms with Gasteiger partial charge in [-0.1, -0.05) is 0 Å². The molecule has 1 aliphatic rings. The quantitative estimate of drug-likeness (QED) is 0.457. The van der Waals surface area contributed by atoms with Crippen molar-refractivity contribution >= 4 is 29.6 Å². The van der Waals surface area contributed by atoms with Crippen molar-refractivity contribution in [2.75, 3.05) is 12.3 Å². The second-order valence-electron chi connectivity index (χ2n) is 6.51. The van der Waals surface area contributed by atoms with E-state index in [0.717, 1.165) is 6.21 Å². The maximum atomic E-state index is 13.8. The number of hydrogen-bond donors (Lipinski definition) is 5. The van der Waals surface area contributed by atoms with Crippen LogP contribution in [0.5, 0.6) is 0 Å². The van der Waals surface area contributed by atoms with Crippen molar-refractivity contribution in [1.82, 2.24) is 15.6 Å². The normalized spacial score (nSPS) is 16.3. The molecule has 0 fully saturated rings. The molecule has 1 unspecified atom stereocenters. The van der Waals surface area contributed by atoms with Crippen LogP contribution in [0.25, 0.3) is 5.57 Å². The van der Waals surface area contributed by atoms with Crippen molar-refractivity contribution in [2.45, 2.75) is 25.6 Å². The standard InChI is InChI=1S/C18H20FN7O2/c1-18(2,28)15(19)9-26-17(27)12-8-23-14(3-13(12)22)11(5-21)16-24-6-10(4-20)7-25-16/h3,5-8,15,21,24,28H,9H2,1-2H3,(H2,22,23)(H,26,27)/b16-11-,21-5?. The number of carbonyl (C=O) groups excluding carboxylic acids is 1. The third-order valence-corrected chi connectivity index (χ3v) is 3.89. The Balaban J connectivity index is 2.21. The van der Waals surface area contributed by atoms with Crippen molar-refractivity contribution in [3.63, 3.8) is 0 Å². The monoisotopic (exact) mass is 385 g/mol. The fraction of sp³-hybridized carbons (Fsp3) is 0.278. The molecule has 0 saturated heterocycles. The third-order valence-electron chi connectivity index (χ3n) is 3.89. The molecule has 6 N–H and O–H groups in total. The Morgan fingerprint density at radius 1 is 1.61 bits per heavy atom. The number of aliphatic imine (C=N–C) groups is 1. The Morgan fingerprint density at radius 3 is 2.82 bits per heavy atom. The van der Waals surface area contributed by atoms with E-state index in [1.807, 2.05) is 6.07 Å². The van der Waals surface area contributed by atoms with E-state index < -0.39 is 17.7 Å². The van der Waals surface area contributed by atoms with Gasteiger partial charge in [0.25, 0.3) is 5.91 Å². The summed E-state index contributed by atoms with van der Waals surface area (Å²) in [6.45, 7) is 2.22. The zero-order valence-corrected chi connectivity index (χ0v) is 15.3. The second-order valence-corrected chi connectivity index (χ2v) is 6.51. The molecular formula is C18H20FN7O2. The Kier molecular flexibility index (Phi) is 6.22. The first-order valence-corrected chi connectivity index (χ1v) is 8.23. The van der Waals surface area contributed by atoms with Crippen molar-refractivity contribution in [3.05, 3.63) is 41.1 Å². The van der Waals surface area contributed by atoms with Gasteiger partial charge in [0.2, 0.25) is 0 Å². The summed E-state index contributed by atoms with van der Waals surface area (Å²) in [5.74, 6) is -0.341. The molecule has 0 bridgehead atoms. The lowest BCUT2D eigenvalue weighted by Gasteiger charge is -2.22. The summed E-state index contributed by atoms with van der Waals surface area (Å²) < 4.78 is 13.8. The number of carbonyl (C=O) groups is 1. The number of nitrogen functional groups attached to an aromatic ring is 1. The van der Waals surface area contributed by atoms with Gasteiger partial charge in [-0.05, 0) is 19.9 Å². The zero-order valence-electron chi connectivity index (χ0n) is 15.3. The van der Waals surface area contributed by atoms with E-state index in [9.17, 15) is 14.3 Å². The van der Waals surface area contributed by atoms with Crippen LogP contribution in [0, 0.1) is 16.7 Å². The van der Waals surface area contributed by atoms with Crippen LogP contribution in [0.4, 0.5) is 10.1 Å². The average Bonchev–Trinajstić information content (AvgIpc) is 2.66. The van der Waals surface area contributed by atoms with Crippen molar-refractivity contribution in [1.29, 1.82) is 10.7 Å². The molecule has 10 heteroatoms. The minimum atomic E-state index is -1.65. The molecule has 0 aliphatic carbocycles. The number of pyridine rings is 1. The van der Waals surface area contributed by atoms with Crippen LogP contribution in [0.15, 0.2) is 34.8 Å². The third kappa shape index (κ3) is 4.77. The highest BCUT2D eigenvalue weighted by atomic mass is 19.1. The lowest BCUT2D eigenvalue weighted by atomic mass is 10.0. The van der Waals surface area contributed by atoms with Crippen LogP contribution in [-0.2, 0) is 0 Å². The van der Waals surface area contributed by atoms with Gasteiger partial charge in [0.15, 0.2) is 0 Å². The topological polar surface area (TPSA) is 160 Å². The van der Waals surface area contributed by atoms with Gasteiger partial charge >= 0.3 is 0 Å². The molecule has 0 aromatic carbocycles. The number of allylic oxidation sites excluding steroid dienone is 2. The predicted molar refractivity (Wildman–Crippen MR) is 103 cm³/mol. The summed E-state index contributed by atoms with van der Waals surface area (Å²) in [4.78, 5) is 20.4. The number of nitrogens with two attached hydrogens (primary N) is 1. The van der Waals surface area contributed by atoms with E-state index in [1.54, 1.807) is 0 Å². The number of amides is 1. The first-order chi connectivity index (χ1) is 13.2. The van der Waals surface area contributed by atoms with E-state index in [2.05, 4.69) is 20.6 Å². The molecule has 2 rings (SSSR count). The first-order valence-electron chi connectivity index (χ1n) is 8.23.